The smallest absolute Gasteiger partial charge is 0.0592 e. The van der Waals surface area contributed by atoms with Gasteiger partial charge in [-0.2, -0.15) is 11.3 Å². The Morgan fingerprint density at radius 2 is 2.09 bits per heavy atom. The van der Waals surface area contributed by atoms with Crippen LogP contribution in [0.3, 0.4) is 0 Å². The van der Waals surface area contributed by atoms with Crippen molar-refractivity contribution in [1.82, 2.24) is 0 Å². The summed E-state index contributed by atoms with van der Waals surface area (Å²) in [6.07, 6.45) is 0. The molecule has 2 heterocycles. The van der Waals surface area contributed by atoms with Crippen molar-refractivity contribution in [1.29, 1.82) is 0 Å². The zero-order valence-corrected chi connectivity index (χ0v) is 7.97. The number of rotatable bonds is 1. The summed E-state index contributed by atoms with van der Waals surface area (Å²) in [7, 11) is 0. The zero-order chi connectivity index (χ0) is 7.68. The summed E-state index contributed by atoms with van der Waals surface area (Å²) in [5.41, 5.74) is 1.23. The van der Waals surface area contributed by atoms with Crippen LogP contribution < -0.4 is 0 Å². The second-order valence-corrected chi connectivity index (χ2v) is 4.21. The highest BCUT2D eigenvalue weighted by Crippen LogP contribution is 2.33. The Hall–Kier alpha value is -0.310. The molecule has 0 spiro atoms. The van der Waals surface area contributed by atoms with E-state index in [1.165, 1.54) is 10.4 Å². The van der Waals surface area contributed by atoms with E-state index < -0.39 is 0 Å². The van der Waals surface area contributed by atoms with Gasteiger partial charge in [-0.15, -0.1) is 11.3 Å². The molecule has 3 heteroatoms. The van der Waals surface area contributed by atoms with Crippen LogP contribution in [-0.4, -0.2) is 0 Å². The van der Waals surface area contributed by atoms with E-state index in [4.69, 9.17) is 11.6 Å². The third kappa shape index (κ3) is 1.34. The Balaban J connectivity index is 2.53. The van der Waals surface area contributed by atoms with Crippen LogP contribution in [0.15, 0.2) is 28.3 Å². The standard InChI is InChI=1S/C8H5ClS2/c9-7-2-4-11-8(7)6-1-3-10-5-6/h1-5H. The van der Waals surface area contributed by atoms with Crippen molar-refractivity contribution in [2.75, 3.05) is 0 Å². The molecule has 56 valence electrons. The molecule has 0 N–H and O–H groups in total. The van der Waals surface area contributed by atoms with Crippen molar-refractivity contribution < 1.29 is 0 Å². The van der Waals surface area contributed by atoms with Crippen LogP contribution in [0.1, 0.15) is 0 Å². The van der Waals surface area contributed by atoms with E-state index in [-0.39, 0.29) is 0 Å². The highest BCUT2D eigenvalue weighted by molar-refractivity contribution is 7.15. The molecule has 0 aromatic carbocycles. The van der Waals surface area contributed by atoms with Gasteiger partial charge in [-0.25, -0.2) is 0 Å². The van der Waals surface area contributed by atoms with E-state index in [2.05, 4.69) is 16.8 Å². The monoisotopic (exact) mass is 200 g/mol. The molecule has 0 amide bonds. The maximum Gasteiger partial charge on any atom is 0.0592 e. The number of hydrogen-bond donors (Lipinski definition) is 0. The Bertz CT molecular complexity index is 335. The average molecular weight is 201 g/mol. The fraction of sp³-hybridized carbons (Fsp3) is 0. The lowest BCUT2D eigenvalue weighted by Gasteiger charge is -1.90. The van der Waals surface area contributed by atoms with Crippen molar-refractivity contribution in [2.24, 2.45) is 0 Å². The van der Waals surface area contributed by atoms with Crippen molar-refractivity contribution in [3.05, 3.63) is 33.3 Å². The SMILES string of the molecule is Clc1ccsc1-c1ccsc1. The number of halogens is 1. The van der Waals surface area contributed by atoms with Gasteiger partial charge in [0.15, 0.2) is 0 Å². The topological polar surface area (TPSA) is 0 Å². The lowest BCUT2D eigenvalue weighted by molar-refractivity contribution is 1.89. The molecule has 2 aromatic rings. The van der Waals surface area contributed by atoms with Crippen LogP contribution in [0.2, 0.25) is 5.02 Å². The van der Waals surface area contributed by atoms with Gasteiger partial charge in [0.05, 0.1) is 9.90 Å². The van der Waals surface area contributed by atoms with Crippen LogP contribution in [0, 0.1) is 0 Å². The molecule has 0 saturated heterocycles. The quantitative estimate of drug-likeness (QED) is 0.650. The molecule has 0 aliphatic carbocycles. The van der Waals surface area contributed by atoms with Gasteiger partial charge in [0.25, 0.3) is 0 Å². The highest BCUT2D eigenvalue weighted by atomic mass is 35.5. The van der Waals surface area contributed by atoms with E-state index in [1.807, 2.05) is 11.4 Å². The molecule has 0 saturated carbocycles. The summed E-state index contributed by atoms with van der Waals surface area (Å²) in [5, 5.41) is 7.03. The first-order valence-electron chi connectivity index (χ1n) is 3.13. The van der Waals surface area contributed by atoms with E-state index in [0.717, 1.165) is 5.02 Å². The molecule has 0 bridgehead atoms. The Kier molecular flexibility index (Phi) is 1.98. The lowest BCUT2D eigenvalue weighted by Crippen LogP contribution is -1.62. The summed E-state index contributed by atoms with van der Waals surface area (Å²) >= 11 is 9.32. The third-order valence-electron chi connectivity index (χ3n) is 1.40. The minimum atomic E-state index is 0.855. The predicted molar refractivity (Wildman–Crippen MR) is 52.6 cm³/mol. The molecule has 2 rings (SSSR count). The fourth-order valence-corrected chi connectivity index (χ4v) is 2.78. The van der Waals surface area contributed by atoms with E-state index in [9.17, 15) is 0 Å². The molecule has 2 aromatic heterocycles. The van der Waals surface area contributed by atoms with Gasteiger partial charge >= 0.3 is 0 Å². The Labute approximate surface area is 78.1 Å². The van der Waals surface area contributed by atoms with Crippen molar-refractivity contribution in [2.45, 2.75) is 0 Å². The molecule has 0 fully saturated rings. The van der Waals surface area contributed by atoms with Crippen LogP contribution in [0.25, 0.3) is 10.4 Å². The first-order valence-corrected chi connectivity index (χ1v) is 5.33. The lowest BCUT2D eigenvalue weighted by atomic mass is 10.3. The molecule has 11 heavy (non-hydrogen) atoms. The fourth-order valence-electron chi connectivity index (χ4n) is 0.893. The number of hydrogen-bond acceptors (Lipinski definition) is 2. The Morgan fingerprint density at radius 1 is 1.18 bits per heavy atom. The highest BCUT2D eigenvalue weighted by Gasteiger charge is 2.03. The maximum absolute atomic E-state index is 5.95. The van der Waals surface area contributed by atoms with Gasteiger partial charge in [0, 0.05) is 5.56 Å². The summed E-state index contributed by atoms with van der Waals surface area (Å²) in [6, 6.07) is 4.02. The van der Waals surface area contributed by atoms with Crippen LogP contribution >= 0.6 is 34.3 Å². The van der Waals surface area contributed by atoms with Crippen molar-refractivity contribution in [3.63, 3.8) is 0 Å². The Morgan fingerprint density at radius 3 is 2.64 bits per heavy atom. The van der Waals surface area contributed by atoms with Crippen LogP contribution in [0.5, 0.6) is 0 Å². The van der Waals surface area contributed by atoms with Crippen LogP contribution in [-0.2, 0) is 0 Å². The van der Waals surface area contributed by atoms with Gasteiger partial charge in [0.1, 0.15) is 0 Å². The van der Waals surface area contributed by atoms with Gasteiger partial charge < -0.3 is 0 Å². The summed E-state index contributed by atoms with van der Waals surface area (Å²) in [4.78, 5) is 1.17. The average Bonchev–Trinajstić information content (AvgIpc) is 2.55. The summed E-state index contributed by atoms with van der Waals surface area (Å²) < 4.78 is 0. The number of thiophene rings is 2. The minimum Gasteiger partial charge on any atom is -0.152 e. The van der Waals surface area contributed by atoms with E-state index in [1.54, 1.807) is 22.7 Å². The second-order valence-electron chi connectivity index (χ2n) is 2.11. The molecule has 0 radical (unpaired) electrons. The van der Waals surface area contributed by atoms with Crippen molar-refractivity contribution >= 4 is 34.3 Å². The molecular formula is C8H5ClS2. The van der Waals surface area contributed by atoms with Gasteiger partial charge in [-0.1, -0.05) is 11.6 Å². The first-order chi connectivity index (χ1) is 5.38. The maximum atomic E-state index is 5.95. The third-order valence-corrected chi connectivity index (χ3v) is 3.47. The molecular weight excluding hydrogens is 196 g/mol. The second kappa shape index (κ2) is 2.97. The molecule has 0 unspecified atom stereocenters. The summed E-state index contributed by atoms with van der Waals surface area (Å²) in [5.74, 6) is 0. The van der Waals surface area contributed by atoms with E-state index >= 15 is 0 Å². The molecule has 0 aliphatic rings. The van der Waals surface area contributed by atoms with Gasteiger partial charge in [-0.3, -0.25) is 0 Å². The molecule has 0 atom stereocenters. The zero-order valence-electron chi connectivity index (χ0n) is 5.58. The first kappa shape index (κ1) is 7.35. The predicted octanol–water partition coefficient (Wildman–Crippen LogP) is 4.13. The molecule has 0 aliphatic heterocycles. The largest absolute Gasteiger partial charge is 0.152 e. The van der Waals surface area contributed by atoms with E-state index in [0.29, 0.717) is 0 Å². The van der Waals surface area contributed by atoms with Crippen molar-refractivity contribution in [3.8, 4) is 10.4 Å². The normalized spacial score (nSPS) is 10.3. The van der Waals surface area contributed by atoms with Crippen LogP contribution in [0.4, 0.5) is 0 Å². The summed E-state index contributed by atoms with van der Waals surface area (Å²) in [6.45, 7) is 0. The molecule has 0 nitrogen and oxygen atoms in total. The van der Waals surface area contributed by atoms with Gasteiger partial charge in [-0.05, 0) is 28.3 Å². The minimum absolute atomic E-state index is 0.855. The van der Waals surface area contributed by atoms with Gasteiger partial charge in [0.2, 0.25) is 0 Å².